The first kappa shape index (κ1) is 42.0. The molecular formula is C35H57O19+. The normalized spacial score (nSPS) is 51.5. The first-order chi connectivity index (χ1) is 25.6. The van der Waals surface area contributed by atoms with Crippen LogP contribution in [0.3, 0.4) is 0 Å². The van der Waals surface area contributed by atoms with Gasteiger partial charge in [-0.15, -0.1) is 0 Å². The molecule has 54 heavy (non-hydrogen) atoms. The minimum absolute atomic E-state index is 0.0920. The number of hydrogen-bond acceptors (Lipinski definition) is 18. The van der Waals surface area contributed by atoms with Crippen LogP contribution in [0.5, 0.6) is 0 Å². The van der Waals surface area contributed by atoms with E-state index >= 15 is 0 Å². The summed E-state index contributed by atoms with van der Waals surface area (Å²) in [4.78, 5) is 27.3. The molecule has 2 saturated heterocycles. The van der Waals surface area contributed by atoms with Crippen molar-refractivity contribution in [3.63, 3.8) is 0 Å². The average molecular weight is 782 g/mol. The van der Waals surface area contributed by atoms with Crippen LogP contribution in [0.2, 0.25) is 0 Å². The van der Waals surface area contributed by atoms with Gasteiger partial charge in [-0.1, -0.05) is 0 Å². The number of fused-ring (bicyclic) bond motifs is 1. The van der Waals surface area contributed by atoms with Crippen LogP contribution in [0, 0.1) is 23.7 Å². The summed E-state index contributed by atoms with van der Waals surface area (Å²) in [5.41, 5.74) is 0. The molecule has 13 N–H and O–H groups in total. The standard InChI is InChI=1S/C35H56O19/c36-11-26-29(47)31(53-33(48)13-4-20(41)27(45)21(42)5-13)32(54-34(49)14-6-22(43)28(46)23(44)7-14)35(52-26)51-25-10-16-18(39)8-15(37)9-24(16)50-30(25)12-1-2-17(38)19(40)3-12/h12-32,35-47H,1-11H2/p+1/t12?,13?,14?,15?,16?,17?,18?,19?,20?,21?,22?,23?,24?,25?,26-,27?,28?,29-,30?,31+,32-,35-/m1/s1. The summed E-state index contributed by atoms with van der Waals surface area (Å²) < 4.78 is 29.1. The molecule has 0 bridgehead atoms. The van der Waals surface area contributed by atoms with Crippen LogP contribution < -0.4 is 0 Å². The Kier molecular flexibility index (Phi) is 13.6. The van der Waals surface area contributed by atoms with Gasteiger partial charge in [0.15, 0.2) is 30.7 Å². The molecule has 6 aliphatic rings. The lowest BCUT2D eigenvalue weighted by Crippen LogP contribution is -2.65. The molecule has 4 saturated carbocycles. The highest BCUT2D eigenvalue weighted by atomic mass is 16.7. The van der Waals surface area contributed by atoms with Crippen molar-refractivity contribution in [3.05, 3.63) is 0 Å². The molecule has 4 aliphatic carbocycles. The summed E-state index contributed by atoms with van der Waals surface area (Å²) in [5, 5.41) is 125. The lowest BCUT2D eigenvalue weighted by atomic mass is 9.72. The number of hydrogen-bond donors (Lipinski definition) is 12. The molecule has 18 atom stereocenters. The van der Waals surface area contributed by atoms with Crippen molar-refractivity contribution in [1.82, 2.24) is 0 Å². The van der Waals surface area contributed by atoms with Gasteiger partial charge in [0.25, 0.3) is 0 Å². The second kappa shape index (κ2) is 17.5. The molecule has 19 heteroatoms. The van der Waals surface area contributed by atoms with Gasteiger partial charge in [0.1, 0.15) is 30.5 Å². The first-order valence-corrected chi connectivity index (χ1v) is 19.1. The molecule has 310 valence electrons. The van der Waals surface area contributed by atoms with E-state index in [0.717, 1.165) is 0 Å². The van der Waals surface area contributed by atoms with Crippen LogP contribution in [0.25, 0.3) is 0 Å². The van der Waals surface area contributed by atoms with Crippen LogP contribution >= 0.6 is 0 Å². The Labute approximate surface area is 311 Å². The summed E-state index contributed by atoms with van der Waals surface area (Å²) in [5.74, 6) is -5.25. The third-order valence-electron chi connectivity index (χ3n) is 12.5. The maximum atomic E-state index is 13.7. The molecule has 2 heterocycles. The third kappa shape index (κ3) is 8.90. The minimum Gasteiger partial charge on any atom is -0.455 e. The quantitative estimate of drug-likeness (QED) is 0.0808. The minimum atomic E-state index is -1.84. The second-order valence-electron chi connectivity index (χ2n) is 16.3. The molecule has 0 aromatic heterocycles. The van der Waals surface area contributed by atoms with Gasteiger partial charge in [-0.25, -0.2) is 0 Å². The summed E-state index contributed by atoms with van der Waals surface area (Å²) >= 11 is 0. The molecule has 0 amide bonds. The SMILES string of the molecule is O=C(O[C@H]1[C@H](OC2CC3C(O)CC(O)CC3[OH+]C2C2CCC(O)C(O)C2)O[C@H](CO)[C@@H](O)[C@@H]1OC(=O)C1CC(O)C(O)C(O)C1)C1CC(O)C(O)C(O)C1. The van der Waals surface area contributed by atoms with Crippen LogP contribution in [0.15, 0.2) is 0 Å². The van der Waals surface area contributed by atoms with E-state index in [1.807, 2.05) is 0 Å². The van der Waals surface area contributed by atoms with E-state index in [-0.39, 0.29) is 63.7 Å². The van der Waals surface area contributed by atoms with Gasteiger partial charge in [0, 0.05) is 18.8 Å². The van der Waals surface area contributed by atoms with Crippen LogP contribution in [-0.4, -0.2) is 195 Å². The predicted molar refractivity (Wildman–Crippen MR) is 176 cm³/mol. The molecule has 6 rings (SSSR count). The summed E-state index contributed by atoms with van der Waals surface area (Å²) in [6.07, 6.45) is -23.3. The highest BCUT2D eigenvalue weighted by molar-refractivity contribution is 5.74. The maximum Gasteiger partial charge on any atom is 0.309 e. The second-order valence-corrected chi connectivity index (χ2v) is 16.3. The molecule has 2 aliphatic heterocycles. The molecule has 13 unspecified atom stereocenters. The monoisotopic (exact) mass is 781 g/mol. The lowest BCUT2D eigenvalue weighted by Gasteiger charge is -2.49. The number of carbonyl (C=O) groups is 2. The van der Waals surface area contributed by atoms with E-state index in [2.05, 4.69) is 0 Å². The van der Waals surface area contributed by atoms with Crippen molar-refractivity contribution >= 4 is 11.9 Å². The summed E-state index contributed by atoms with van der Waals surface area (Å²) in [6, 6.07) is 0. The molecule has 6 fully saturated rings. The topological polar surface area (TPSA) is 327 Å². The Bertz CT molecular complexity index is 1250. The van der Waals surface area contributed by atoms with Crippen LogP contribution in [0.1, 0.15) is 64.2 Å². The zero-order valence-corrected chi connectivity index (χ0v) is 29.7. The number of carbonyl (C=O) groups excluding carboxylic acids is 2. The fourth-order valence-electron chi connectivity index (χ4n) is 9.36. The van der Waals surface area contributed by atoms with Gasteiger partial charge in [-0.05, 0) is 51.4 Å². The Morgan fingerprint density at radius 2 is 1.15 bits per heavy atom. The lowest BCUT2D eigenvalue weighted by molar-refractivity contribution is -0.358. The van der Waals surface area contributed by atoms with E-state index in [1.165, 1.54) is 0 Å². The number of ether oxygens (including phenoxy) is 5. The molecular weight excluding hydrogens is 724 g/mol. The predicted octanol–water partition coefficient (Wildman–Crippen LogP) is -5.42. The molecule has 0 radical (unpaired) electrons. The van der Waals surface area contributed by atoms with Gasteiger partial charge in [0.05, 0.1) is 73.2 Å². The fraction of sp³-hybridized carbons (Fsp3) is 0.943. The van der Waals surface area contributed by atoms with Gasteiger partial charge in [0.2, 0.25) is 0 Å². The van der Waals surface area contributed by atoms with Crippen molar-refractivity contribution in [2.24, 2.45) is 23.7 Å². The Balaban J connectivity index is 1.31. The van der Waals surface area contributed by atoms with Gasteiger partial charge in [-0.2, -0.15) is 0 Å². The molecule has 19 nitrogen and oxygen atoms in total. The molecule has 0 spiro atoms. The zero-order valence-electron chi connectivity index (χ0n) is 29.7. The van der Waals surface area contributed by atoms with Gasteiger partial charge >= 0.3 is 11.9 Å². The maximum absolute atomic E-state index is 13.7. The fourth-order valence-corrected chi connectivity index (χ4v) is 9.36. The zero-order chi connectivity index (χ0) is 39.2. The molecule has 0 aromatic carbocycles. The number of rotatable bonds is 8. The van der Waals surface area contributed by atoms with Gasteiger partial charge in [-0.3, -0.25) is 9.59 Å². The first-order valence-electron chi connectivity index (χ1n) is 19.1. The van der Waals surface area contributed by atoms with Crippen molar-refractivity contribution in [3.8, 4) is 0 Å². The largest absolute Gasteiger partial charge is 0.455 e. The van der Waals surface area contributed by atoms with Crippen LogP contribution in [0.4, 0.5) is 0 Å². The van der Waals surface area contributed by atoms with Crippen molar-refractivity contribution in [2.45, 2.75) is 174 Å². The average Bonchev–Trinajstić information content (AvgIpc) is 3.12. The molecule has 0 aromatic rings. The Morgan fingerprint density at radius 3 is 1.69 bits per heavy atom. The summed E-state index contributed by atoms with van der Waals surface area (Å²) in [6.45, 7) is -0.825. The van der Waals surface area contributed by atoms with E-state index in [1.54, 1.807) is 0 Å². The number of esters is 2. The van der Waals surface area contributed by atoms with E-state index in [9.17, 15) is 70.9 Å². The van der Waals surface area contributed by atoms with E-state index in [4.69, 9.17) is 23.7 Å². The third-order valence-corrected chi connectivity index (χ3v) is 12.5. The van der Waals surface area contributed by atoms with Crippen molar-refractivity contribution in [2.75, 3.05) is 6.61 Å². The van der Waals surface area contributed by atoms with Crippen molar-refractivity contribution < 1.29 is 94.6 Å². The highest BCUT2D eigenvalue weighted by Crippen LogP contribution is 2.43. The Hall–Kier alpha value is -1.66. The Morgan fingerprint density at radius 1 is 0.593 bits per heavy atom. The summed E-state index contributed by atoms with van der Waals surface area (Å²) in [7, 11) is 0. The van der Waals surface area contributed by atoms with E-state index < -0.39 is 146 Å². The van der Waals surface area contributed by atoms with Gasteiger partial charge < -0.3 is 85.0 Å². The smallest absolute Gasteiger partial charge is 0.309 e. The number of aliphatic hydroxyl groups is 14. The highest BCUT2D eigenvalue weighted by Gasteiger charge is 2.57. The van der Waals surface area contributed by atoms with Crippen LogP contribution in [-0.2, 0) is 28.5 Å². The number of aliphatic hydroxyl groups excluding tert-OH is 12. The van der Waals surface area contributed by atoms with E-state index in [0.29, 0.717) is 6.42 Å². The van der Waals surface area contributed by atoms with Crippen molar-refractivity contribution in [1.29, 1.82) is 0 Å².